The van der Waals surface area contributed by atoms with Crippen LogP contribution in [-0.2, 0) is 0 Å². The Morgan fingerprint density at radius 1 is 0.905 bits per heavy atom. The summed E-state index contributed by atoms with van der Waals surface area (Å²) in [5.41, 5.74) is 0.655. The number of benzene rings is 2. The van der Waals surface area contributed by atoms with Gasteiger partial charge < -0.3 is 0 Å². The third-order valence-corrected chi connectivity index (χ3v) is 3.71. The molecule has 1 aromatic heterocycles. The molecule has 0 aliphatic heterocycles. The van der Waals surface area contributed by atoms with Gasteiger partial charge in [0.25, 0.3) is 0 Å². The Morgan fingerprint density at radius 2 is 1.62 bits per heavy atom. The van der Waals surface area contributed by atoms with Crippen molar-refractivity contribution in [3.63, 3.8) is 0 Å². The van der Waals surface area contributed by atoms with Crippen molar-refractivity contribution in [1.82, 2.24) is 14.8 Å². The first-order valence-corrected chi connectivity index (χ1v) is 7.03. The van der Waals surface area contributed by atoms with Gasteiger partial charge in [-0.3, -0.25) is 0 Å². The van der Waals surface area contributed by atoms with E-state index in [0.717, 1.165) is 0 Å². The first kappa shape index (κ1) is 14.3. The summed E-state index contributed by atoms with van der Waals surface area (Å²) in [7, 11) is 0. The van der Waals surface area contributed by atoms with Crippen molar-refractivity contribution >= 4 is 34.8 Å². The molecule has 7 heteroatoms. The van der Waals surface area contributed by atoms with Gasteiger partial charge in [-0.25, -0.2) is 9.07 Å². The van der Waals surface area contributed by atoms with Crippen LogP contribution in [0, 0.1) is 5.82 Å². The summed E-state index contributed by atoms with van der Waals surface area (Å²) in [6.45, 7) is 0. The van der Waals surface area contributed by atoms with Gasteiger partial charge in [0, 0.05) is 0 Å². The minimum atomic E-state index is -0.518. The van der Waals surface area contributed by atoms with E-state index in [1.165, 1.54) is 16.8 Å². The molecule has 3 nitrogen and oxygen atoms in total. The molecule has 0 saturated heterocycles. The van der Waals surface area contributed by atoms with Gasteiger partial charge in [0.05, 0.1) is 21.3 Å². The predicted octanol–water partition coefficient (Wildman–Crippen LogP) is 5.03. The second-order valence-electron chi connectivity index (χ2n) is 4.16. The molecule has 0 aliphatic rings. The van der Waals surface area contributed by atoms with E-state index in [1.54, 1.807) is 30.3 Å². The number of halogens is 4. The number of aromatic nitrogens is 3. The fourth-order valence-electron chi connectivity index (χ4n) is 1.89. The van der Waals surface area contributed by atoms with Crippen LogP contribution in [0.15, 0.2) is 42.5 Å². The summed E-state index contributed by atoms with van der Waals surface area (Å²) < 4.78 is 15.3. The molecule has 106 valence electrons. The zero-order valence-corrected chi connectivity index (χ0v) is 12.7. The Kier molecular flexibility index (Phi) is 3.85. The highest BCUT2D eigenvalue weighted by Gasteiger charge is 2.18. The summed E-state index contributed by atoms with van der Waals surface area (Å²) in [6.07, 6.45) is 0. The van der Waals surface area contributed by atoms with Gasteiger partial charge in [-0.05, 0) is 35.9 Å². The van der Waals surface area contributed by atoms with Gasteiger partial charge in [0.2, 0.25) is 5.28 Å². The Bertz CT molecular complexity index is 797. The number of nitrogens with zero attached hydrogens (tertiary/aromatic N) is 3. The Labute approximate surface area is 134 Å². The van der Waals surface area contributed by atoms with Crippen molar-refractivity contribution < 1.29 is 4.39 Å². The monoisotopic (exact) mass is 341 g/mol. The molecule has 0 radical (unpaired) electrons. The first-order chi connectivity index (χ1) is 10.1. The lowest BCUT2D eigenvalue weighted by Gasteiger charge is -2.03. The third kappa shape index (κ3) is 2.62. The van der Waals surface area contributed by atoms with E-state index in [-0.39, 0.29) is 21.7 Å². The second-order valence-corrected chi connectivity index (χ2v) is 5.32. The van der Waals surface area contributed by atoms with Gasteiger partial charge in [-0.1, -0.05) is 41.4 Å². The van der Waals surface area contributed by atoms with Crippen LogP contribution in [-0.4, -0.2) is 14.8 Å². The largest absolute Gasteiger partial charge is 0.226 e. The van der Waals surface area contributed by atoms with Crippen molar-refractivity contribution in [2.24, 2.45) is 0 Å². The SMILES string of the molecule is Fc1cccc(Cl)c1-c1nc(Cl)n(-c2ccccc2Cl)n1. The van der Waals surface area contributed by atoms with Gasteiger partial charge in [0.15, 0.2) is 5.82 Å². The van der Waals surface area contributed by atoms with E-state index in [4.69, 9.17) is 34.8 Å². The molecular weight excluding hydrogens is 336 g/mol. The van der Waals surface area contributed by atoms with Gasteiger partial charge in [-0.2, -0.15) is 4.98 Å². The third-order valence-electron chi connectivity index (χ3n) is 2.83. The normalized spacial score (nSPS) is 10.9. The molecule has 3 rings (SSSR count). The van der Waals surface area contributed by atoms with Gasteiger partial charge in [0.1, 0.15) is 5.82 Å². The molecule has 1 heterocycles. The second kappa shape index (κ2) is 5.64. The molecule has 0 aliphatic carbocycles. The van der Waals surface area contributed by atoms with Crippen molar-refractivity contribution in [3.8, 4) is 17.1 Å². The summed E-state index contributed by atoms with van der Waals surface area (Å²) in [5.74, 6) is -0.418. The molecule has 3 aromatic rings. The van der Waals surface area contributed by atoms with Crippen LogP contribution in [0.25, 0.3) is 17.1 Å². The molecule has 0 unspecified atom stereocenters. The summed E-state index contributed by atoms with van der Waals surface area (Å²) in [5, 5.41) is 4.93. The van der Waals surface area contributed by atoms with Crippen molar-refractivity contribution in [1.29, 1.82) is 0 Å². The average molecular weight is 343 g/mol. The maximum Gasteiger partial charge on any atom is 0.226 e. The number of para-hydroxylation sites is 1. The van der Waals surface area contributed by atoms with E-state index < -0.39 is 5.82 Å². The summed E-state index contributed by atoms with van der Waals surface area (Å²) in [6, 6.07) is 11.4. The molecule has 0 saturated carbocycles. The quantitative estimate of drug-likeness (QED) is 0.653. The first-order valence-electron chi connectivity index (χ1n) is 5.90. The lowest BCUT2D eigenvalue weighted by molar-refractivity contribution is 0.630. The maximum absolute atomic E-state index is 13.9. The highest BCUT2D eigenvalue weighted by molar-refractivity contribution is 6.33. The molecule has 2 aromatic carbocycles. The zero-order valence-electron chi connectivity index (χ0n) is 10.4. The van der Waals surface area contributed by atoms with Gasteiger partial charge >= 0.3 is 0 Å². The highest BCUT2D eigenvalue weighted by atomic mass is 35.5. The Morgan fingerprint density at radius 3 is 2.33 bits per heavy atom. The Balaban J connectivity index is 2.17. The van der Waals surface area contributed by atoms with E-state index in [1.807, 2.05) is 0 Å². The molecule has 0 N–H and O–H groups in total. The summed E-state index contributed by atoms with van der Waals surface area (Å²) in [4.78, 5) is 4.05. The van der Waals surface area contributed by atoms with Crippen molar-refractivity contribution in [2.75, 3.05) is 0 Å². The predicted molar refractivity (Wildman–Crippen MR) is 81.8 cm³/mol. The molecular formula is C14H7Cl3FN3. The van der Waals surface area contributed by atoms with Crippen LogP contribution < -0.4 is 0 Å². The van der Waals surface area contributed by atoms with Gasteiger partial charge in [-0.15, -0.1) is 5.10 Å². The molecule has 0 spiro atoms. The lowest BCUT2D eigenvalue weighted by atomic mass is 10.2. The van der Waals surface area contributed by atoms with Crippen LogP contribution >= 0.6 is 34.8 Å². The number of rotatable bonds is 2. The molecule has 0 amide bonds. The minimum absolute atomic E-state index is 0.0671. The molecule has 21 heavy (non-hydrogen) atoms. The average Bonchev–Trinajstić information content (AvgIpc) is 2.81. The molecule has 0 fully saturated rings. The number of hydrogen-bond donors (Lipinski definition) is 0. The minimum Gasteiger partial charge on any atom is -0.206 e. The number of hydrogen-bond acceptors (Lipinski definition) is 2. The smallest absolute Gasteiger partial charge is 0.206 e. The van der Waals surface area contributed by atoms with E-state index >= 15 is 0 Å². The van der Waals surface area contributed by atoms with E-state index in [2.05, 4.69) is 10.1 Å². The van der Waals surface area contributed by atoms with E-state index in [0.29, 0.717) is 10.7 Å². The zero-order chi connectivity index (χ0) is 15.0. The lowest BCUT2D eigenvalue weighted by Crippen LogP contribution is -1.98. The maximum atomic E-state index is 13.9. The molecule has 0 bridgehead atoms. The van der Waals surface area contributed by atoms with Crippen molar-refractivity contribution in [2.45, 2.75) is 0 Å². The topological polar surface area (TPSA) is 30.7 Å². The van der Waals surface area contributed by atoms with E-state index in [9.17, 15) is 4.39 Å². The fraction of sp³-hybridized carbons (Fsp3) is 0. The van der Waals surface area contributed by atoms with Crippen LogP contribution in [0.4, 0.5) is 4.39 Å². The van der Waals surface area contributed by atoms with Crippen molar-refractivity contribution in [3.05, 3.63) is 63.6 Å². The standard InChI is InChI=1S/C14H7Cl3FN3/c15-8-4-1-2-7-11(8)21-14(17)19-13(20-21)12-9(16)5-3-6-10(12)18/h1-7H. The van der Waals surface area contributed by atoms with Crippen LogP contribution in [0.1, 0.15) is 0 Å². The Hall–Kier alpha value is -1.62. The van der Waals surface area contributed by atoms with Crippen LogP contribution in [0.5, 0.6) is 0 Å². The summed E-state index contributed by atoms with van der Waals surface area (Å²) >= 11 is 18.2. The van der Waals surface area contributed by atoms with Crippen LogP contribution in [0.2, 0.25) is 15.3 Å². The van der Waals surface area contributed by atoms with Crippen LogP contribution in [0.3, 0.4) is 0 Å². The highest BCUT2D eigenvalue weighted by Crippen LogP contribution is 2.30. The molecule has 0 atom stereocenters. The fourth-order valence-corrected chi connectivity index (χ4v) is 2.56.